The zero-order valence-electron chi connectivity index (χ0n) is 11.7. The van der Waals surface area contributed by atoms with Crippen LogP contribution in [0, 0.1) is 0 Å². The number of carbonyl (C=O) groups is 1. The lowest BCUT2D eigenvalue weighted by atomic mass is 10.1. The minimum atomic E-state index is 0.152. The van der Waals surface area contributed by atoms with Gasteiger partial charge in [-0.05, 0) is 12.8 Å². The Morgan fingerprint density at radius 3 is 2.79 bits per heavy atom. The summed E-state index contributed by atoms with van der Waals surface area (Å²) in [5, 5.41) is 4.11. The summed E-state index contributed by atoms with van der Waals surface area (Å²) >= 11 is 0. The summed E-state index contributed by atoms with van der Waals surface area (Å²) in [4.78, 5) is 16.1. The molecule has 1 aliphatic heterocycles. The number of aromatic nitrogens is 2. The second kappa shape index (κ2) is 6.16. The molecule has 6 nitrogen and oxygen atoms in total. The van der Waals surface area contributed by atoms with Crippen molar-refractivity contribution < 1.29 is 4.79 Å². The lowest BCUT2D eigenvalue weighted by Gasteiger charge is -2.30. The fraction of sp³-hybridized carbons (Fsp3) is 0.692. The number of carbonyl (C=O) groups excluding carboxylic acids is 1. The monoisotopic (exact) mass is 265 g/mol. The molecule has 0 atom stereocenters. The maximum atomic E-state index is 12.1. The molecule has 0 saturated carbocycles. The lowest BCUT2D eigenvalue weighted by Crippen LogP contribution is -2.44. The van der Waals surface area contributed by atoms with Crippen LogP contribution < -0.4 is 5.73 Å². The Bertz CT molecular complexity index is 422. The van der Waals surface area contributed by atoms with E-state index in [1.807, 2.05) is 20.3 Å². The first-order chi connectivity index (χ1) is 9.04. The van der Waals surface area contributed by atoms with Crippen molar-refractivity contribution in [3.05, 3.63) is 18.0 Å². The minimum absolute atomic E-state index is 0.152. The van der Waals surface area contributed by atoms with Gasteiger partial charge in [0.15, 0.2) is 0 Å². The first-order valence-electron chi connectivity index (χ1n) is 6.74. The van der Waals surface area contributed by atoms with Crippen molar-refractivity contribution in [2.45, 2.75) is 25.4 Å². The predicted octanol–water partition coefficient (Wildman–Crippen LogP) is -0.198. The molecule has 19 heavy (non-hydrogen) atoms. The highest BCUT2D eigenvalue weighted by Gasteiger charge is 2.20. The third kappa shape index (κ3) is 4.04. The van der Waals surface area contributed by atoms with Gasteiger partial charge in [-0.3, -0.25) is 14.4 Å². The lowest BCUT2D eigenvalue weighted by molar-refractivity contribution is -0.131. The number of rotatable bonds is 4. The zero-order chi connectivity index (χ0) is 13.8. The molecule has 2 heterocycles. The first kappa shape index (κ1) is 14.0. The first-order valence-corrected chi connectivity index (χ1v) is 6.74. The van der Waals surface area contributed by atoms with Crippen LogP contribution in [0.3, 0.4) is 0 Å². The van der Waals surface area contributed by atoms with Gasteiger partial charge in [-0.15, -0.1) is 0 Å². The van der Waals surface area contributed by atoms with E-state index in [2.05, 4.69) is 10.00 Å². The molecule has 1 aliphatic rings. The number of nitrogens with two attached hydrogens (primary N) is 1. The van der Waals surface area contributed by atoms with E-state index in [9.17, 15) is 4.79 Å². The van der Waals surface area contributed by atoms with Gasteiger partial charge in [0.05, 0.1) is 12.7 Å². The quantitative estimate of drug-likeness (QED) is 0.819. The van der Waals surface area contributed by atoms with Gasteiger partial charge in [-0.25, -0.2) is 0 Å². The SMILES string of the molecule is CN(Cc1cnn(C)c1)C(=O)CN1CCC(N)CC1. The van der Waals surface area contributed by atoms with Crippen LogP contribution in [0.2, 0.25) is 0 Å². The molecule has 106 valence electrons. The smallest absolute Gasteiger partial charge is 0.236 e. The summed E-state index contributed by atoms with van der Waals surface area (Å²) in [6.45, 7) is 2.95. The Labute approximate surface area is 114 Å². The third-order valence-electron chi connectivity index (χ3n) is 3.59. The average Bonchev–Trinajstić information content (AvgIpc) is 2.77. The second-order valence-electron chi connectivity index (χ2n) is 5.39. The van der Waals surface area contributed by atoms with Gasteiger partial charge in [0.1, 0.15) is 0 Å². The van der Waals surface area contributed by atoms with Crippen LogP contribution in [0.25, 0.3) is 0 Å². The number of nitrogens with zero attached hydrogens (tertiary/aromatic N) is 4. The van der Waals surface area contributed by atoms with Crippen LogP contribution in [0.5, 0.6) is 0 Å². The van der Waals surface area contributed by atoms with E-state index in [-0.39, 0.29) is 5.91 Å². The van der Waals surface area contributed by atoms with Crippen LogP contribution in [-0.2, 0) is 18.4 Å². The molecule has 0 aliphatic carbocycles. The van der Waals surface area contributed by atoms with Crippen LogP contribution in [0.4, 0.5) is 0 Å². The summed E-state index contributed by atoms with van der Waals surface area (Å²) in [6.07, 6.45) is 5.70. The number of amides is 1. The fourth-order valence-corrected chi connectivity index (χ4v) is 2.34. The van der Waals surface area contributed by atoms with E-state index in [0.717, 1.165) is 31.5 Å². The number of aryl methyl sites for hydroxylation is 1. The number of piperidine rings is 1. The van der Waals surface area contributed by atoms with Crippen molar-refractivity contribution in [3.8, 4) is 0 Å². The van der Waals surface area contributed by atoms with E-state index in [4.69, 9.17) is 5.73 Å². The molecule has 1 amide bonds. The molecule has 1 saturated heterocycles. The van der Waals surface area contributed by atoms with E-state index in [1.54, 1.807) is 15.8 Å². The van der Waals surface area contributed by atoms with Crippen LogP contribution in [0.1, 0.15) is 18.4 Å². The van der Waals surface area contributed by atoms with Crippen molar-refractivity contribution in [1.82, 2.24) is 19.6 Å². The van der Waals surface area contributed by atoms with Crippen LogP contribution >= 0.6 is 0 Å². The van der Waals surface area contributed by atoms with Crippen LogP contribution in [-0.4, -0.2) is 58.2 Å². The molecule has 2 N–H and O–H groups in total. The van der Waals surface area contributed by atoms with Crippen molar-refractivity contribution >= 4 is 5.91 Å². The highest BCUT2D eigenvalue weighted by Crippen LogP contribution is 2.09. The molecule has 2 rings (SSSR count). The number of hydrogen-bond acceptors (Lipinski definition) is 4. The number of hydrogen-bond donors (Lipinski definition) is 1. The van der Waals surface area contributed by atoms with Gasteiger partial charge in [0.25, 0.3) is 0 Å². The largest absolute Gasteiger partial charge is 0.340 e. The Hall–Kier alpha value is -1.40. The Morgan fingerprint density at radius 1 is 1.53 bits per heavy atom. The van der Waals surface area contributed by atoms with E-state index in [0.29, 0.717) is 19.1 Å². The van der Waals surface area contributed by atoms with Gasteiger partial charge in [0, 0.05) is 51.5 Å². The summed E-state index contributed by atoms with van der Waals surface area (Å²) in [5.74, 6) is 0.152. The third-order valence-corrected chi connectivity index (χ3v) is 3.59. The molecule has 0 aromatic carbocycles. The maximum Gasteiger partial charge on any atom is 0.236 e. The molecule has 1 aromatic rings. The molecule has 1 fully saturated rings. The fourth-order valence-electron chi connectivity index (χ4n) is 2.34. The topological polar surface area (TPSA) is 67.4 Å². The zero-order valence-corrected chi connectivity index (χ0v) is 11.7. The summed E-state index contributed by atoms with van der Waals surface area (Å²) in [5.41, 5.74) is 6.92. The van der Waals surface area contributed by atoms with E-state index < -0.39 is 0 Å². The van der Waals surface area contributed by atoms with Gasteiger partial charge in [-0.1, -0.05) is 0 Å². The molecule has 6 heteroatoms. The molecule has 0 spiro atoms. The van der Waals surface area contributed by atoms with Crippen molar-refractivity contribution in [3.63, 3.8) is 0 Å². The van der Waals surface area contributed by atoms with Crippen molar-refractivity contribution in [2.75, 3.05) is 26.7 Å². The minimum Gasteiger partial charge on any atom is -0.340 e. The molecule has 0 radical (unpaired) electrons. The normalized spacial score (nSPS) is 17.6. The van der Waals surface area contributed by atoms with E-state index >= 15 is 0 Å². The molecule has 0 bridgehead atoms. The van der Waals surface area contributed by atoms with Gasteiger partial charge in [0.2, 0.25) is 5.91 Å². The molecular weight excluding hydrogens is 242 g/mol. The highest BCUT2D eigenvalue weighted by atomic mass is 16.2. The van der Waals surface area contributed by atoms with Gasteiger partial charge in [-0.2, -0.15) is 5.10 Å². The molecule has 1 aromatic heterocycles. The maximum absolute atomic E-state index is 12.1. The van der Waals surface area contributed by atoms with Gasteiger partial charge < -0.3 is 10.6 Å². The summed E-state index contributed by atoms with van der Waals surface area (Å²) < 4.78 is 1.75. The molecule has 0 unspecified atom stereocenters. The highest BCUT2D eigenvalue weighted by molar-refractivity contribution is 5.78. The van der Waals surface area contributed by atoms with Crippen LogP contribution in [0.15, 0.2) is 12.4 Å². The molecular formula is C13H23N5O. The summed E-state index contributed by atoms with van der Waals surface area (Å²) in [6, 6.07) is 0.305. The number of likely N-dealkylation sites (N-methyl/N-ethyl adjacent to an activating group) is 1. The Morgan fingerprint density at radius 2 is 2.21 bits per heavy atom. The number of likely N-dealkylation sites (tertiary alicyclic amines) is 1. The average molecular weight is 265 g/mol. The predicted molar refractivity (Wildman–Crippen MR) is 73.3 cm³/mol. The van der Waals surface area contributed by atoms with Gasteiger partial charge >= 0.3 is 0 Å². The Kier molecular flexibility index (Phi) is 4.55. The second-order valence-corrected chi connectivity index (χ2v) is 5.39. The Balaban J connectivity index is 1.79. The van der Waals surface area contributed by atoms with Crippen molar-refractivity contribution in [1.29, 1.82) is 0 Å². The summed E-state index contributed by atoms with van der Waals surface area (Å²) in [7, 11) is 3.72. The standard InChI is InChI=1S/C13H23N5O/c1-16(8-11-7-15-17(2)9-11)13(19)10-18-5-3-12(14)4-6-18/h7,9,12H,3-6,8,10,14H2,1-2H3. The van der Waals surface area contributed by atoms with Crippen molar-refractivity contribution in [2.24, 2.45) is 12.8 Å². The van der Waals surface area contributed by atoms with E-state index in [1.165, 1.54) is 0 Å².